The number of nitrogens with zero attached hydrogens (tertiary/aromatic N) is 2. The molecule has 2 heterocycles. The van der Waals surface area contributed by atoms with Gasteiger partial charge in [-0.25, -0.2) is 0 Å². The summed E-state index contributed by atoms with van der Waals surface area (Å²) in [4.78, 5) is 64.4. The molecule has 2 N–H and O–H groups in total. The lowest BCUT2D eigenvalue weighted by atomic mass is 9.87. The van der Waals surface area contributed by atoms with Crippen molar-refractivity contribution in [2.24, 2.45) is 5.92 Å². The molecule has 1 aromatic carbocycles. The number of fused-ring (bicyclic) bond motifs is 1. The highest BCUT2D eigenvalue weighted by molar-refractivity contribution is 6.25. The van der Waals surface area contributed by atoms with E-state index in [2.05, 4.69) is 15.5 Å². The summed E-state index contributed by atoms with van der Waals surface area (Å²) >= 11 is 0. The predicted octanol–water partition coefficient (Wildman–Crippen LogP) is 2.01. The van der Waals surface area contributed by atoms with E-state index in [0.717, 1.165) is 62.8 Å². The normalized spacial score (nSPS) is 24.1. The monoisotopic (exact) mass is 482 g/mol. The molecule has 3 aliphatic rings. The van der Waals surface area contributed by atoms with Crippen molar-refractivity contribution in [1.82, 2.24) is 15.1 Å². The van der Waals surface area contributed by atoms with Crippen LogP contribution >= 0.6 is 0 Å². The summed E-state index contributed by atoms with van der Waals surface area (Å²) < 4.78 is 0. The number of anilines is 1. The second-order valence-corrected chi connectivity index (χ2v) is 9.74. The highest BCUT2D eigenvalue weighted by Crippen LogP contribution is 2.34. The van der Waals surface area contributed by atoms with Gasteiger partial charge in [0.05, 0.1) is 11.1 Å². The molecule has 0 aromatic heterocycles. The molecule has 1 aromatic rings. The minimum absolute atomic E-state index is 0.0761. The third kappa shape index (κ3) is 5.15. The maximum Gasteiger partial charge on any atom is 0.264 e. The zero-order valence-corrected chi connectivity index (χ0v) is 20.2. The first-order chi connectivity index (χ1) is 17.0. The number of piperidine rings is 1. The molecule has 2 fully saturated rings. The average molecular weight is 483 g/mol. The smallest absolute Gasteiger partial charge is 0.264 e. The fraction of sp³-hybridized carbons (Fsp3) is 0.577. The number of hydrogen-bond donors (Lipinski definition) is 2. The molecule has 0 bridgehead atoms. The summed E-state index contributed by atoms with van der Waals surface area (Å²) in [6.45, 7) is 1.95. The number of benzene rings is 1. The van der Waals surface area contributed by atoms with E-state index < -0.39 is 23.8 Å². The zero-order chi connectivity index (χ0) is 24.9. The van der Waals surface area contributed by atoms with Crippen molar-refractivity contribution < 1.29 is 24.0 Å². The molecule has 3 amide bonds. The molecule has 1 saturated carbocycles. The van der Waals surface area contributed by atoms with Crippen LogP contribution in [-0.4, -0.2) is 78.4 Å². The second-order valence-electron chi connectivity index (χ2n) is 9.74. The predicted molar refractivity (Wildman–Crippen MR) is 130 cm³/mol. The molecule has 1 atom stereocenters. The summed E-state index contributed by atoms with van der Waals surface area (Å²) in [5.41, 5.74) is 1.20. The van der Waals surface area contributed by atoms with Crippen molar-refractivity contribution in [3.63, 3.8) is 0 Å². The van der Waals surface area contributed by atoms with Crippen molar-refractivity contribution >= 4 is 36.0 Å². The van der Waals surface area contributed by atoms with Crippen LogP contribution in [0.25, 0.3) is 0 Å². The molecular weight excluding hydrogens is 448 g/mol. The lowest BCUT2D eigenvalue weighted by Crippen LogP contribution is -2.48. The van der Waals surface area contributed by atoms with Gasteiger partial charge in [-0.05, 0) is 70.2 Å². The van der Waals surface area contributed by atoms with E-state index in [1.807, 2.05) is 6.07 Å². The van der Waals surface area contributed by atoms with Gasteiger partial charge >= 0.3 is 0 Å². The van der Waals surface area contributed by atoms with Crippen molar-refractivity contribution in [3.05, 3.63) is 29.3 Å². The Balaban J connectivity index is 1.43. The lowest BCUT2D eigenvalue weighted by molar-refractivity contribution is -0.124. The summed E-state index contributed by atoms with van der Waals surface area (Å²) in [6, 6.07) is 4.85. The summed E-state index contributed by atoms with van der Waals surface area (Å²) in [5, 5.41) is 5.99. The molecular formula is C26H34N4O5. The molecule has 1 aliphatic carbocycles. The van der Waals surface area contributed by atoms with Gasteiger partial charge in [0, 0.05) is 37.2 Å². The van der Waals surface area contributed by atoms with Gasteiger partial charge in [-0.3, -0.25) is 19.3 Å². The molecule has 4 rings (SSSR count). The molecule has 1 saturated heterocycles. The molecule has 0 spiro atoms. The average Bonchev–Trinajstić information content (AvgIpc) is 3.15. The van der Waals surface area contributed by atoms with Crippen LogP contribution in [0.3, 0.4) is 0 Å². The Labute approximate surface area is 205 Å². The van der Waals surface area contributed by atoms with Gasteiger partial charge < -0.3 is 25.1 Å². The van der Waals surface area contributed by atoms with Crippen LogP contribution < -0.4 is 10.6 Å². The number of imide groups is 1. The fourth-order valence-corrected chi connectivity index (χ4v) is 5.70. The Morgan fingerprint density at radius 1 is 1.06 bits per heavy atom. The van der Waals surface area contributed by atoms with Crippen molar-refractivity contribution in [1.29, 1.82) is 0 Å². The first kappa shape index (κ1) is 25.0. The maximum absolute atomic E-state index is 13.4. The molecule has 2 aliphatic heterocycles. The van der Waals surface area contributed by atoms with E-state index in [-0.39, 0.29) is 30.4 Å². The Morgan fingerprint density at radius 3 is 2.40 bits per heavy atom. The van der Waals surface area contributed by atoms with Crippen molar-refractivity contribution in [2.75, 3.05) is 25.5 Å². The maximum atomic E-state index is 13.4. The van der Waals surface area contributed by atoms with Crippen LogP contribution in [0.15, 0.2) is 18.2 Å². The van der Waals surface area contributed by atoms with Gasteiger partial charge in [0.15, 0.2) is 0 Å². The number of nitrogens with one attached hydrogen (secondary N) is 2. The Morgan fingerprint density at radius 2 is 1.77 bits per heavy atom. The van der Waals surface area contributed by atoms with E-state index in [0.29, 0.717) is 23.6 Å². The Bertz CT molecular complexity index is 980. The van der Waals surface area contributed by atoms with E-state index in [9.17, 15) is 24.0 Å². The van der Waals surface area contributed by atoms with Gasteiger partial charge in [0.2, 0.25) is 5.91 Å². The van der Waals surface area contributed by atoms with Crippen LogP contribution in [-0.2, 0) is 14.4 Å². The fourth-order valence-electron chi connectivity index (χ4n) is 5.70. The number of likely N-dealkylation sites (N-methyl/N-ethyl adjacent to an activating group) is 1. The molecule has 1 unspecified atom stereocenters. The second kappa shape index (κ2) is 11.1. The number of likely N-dealkylation sites (tertiary alicyclic amines) is 1. The summed E-state index contributed by atoms with van der Waals surface area (Å²) in [7, 11) is 1.45. The van der Waals surface area contributed by atoms with Crippen LogP contribution in [0.2, 0.25) is 0 Å². The molecule has 9 nitrogen and oxygen atoms in total. The molecule has 9 heteroatoms. The summed E-state index contributed by atoms with van der Waals surface area (Å²) in [5.74, 6) is -1.27. The third-order valence-corrected chi connectivity index (χ3v) is 7.70. The Kier molecular flexibility index (Phi) is 7.95. The number of rotatable bonds is 9. The zero-order valence-electron chi connectivity index (χ0n) is 20.2. The van der Waals surface area contributed by atoms with Crippen LogP contribution in [0, 0.1) is 5.92 Å². The standard InChI is InChI=1S/C26H34N4O5/c1-27-24(33)22(6-3-15-31)30-25(34)20-4-2-5-21(23(20)26(30)35)28-18-7-9-19(10-8-18)29-13-11-17(16-32)12-14-29/h2,4-5,15-19,22,28H,3,6-14H2,1H3,(H,27,33). The number of carbonyl (C=O) groups is 5. The van der Waals surface area contributed by atoms with Crippen LogP contribution in [0.5, 0.6) is 0 Å². The third-order valence-electron chi connectivity index (χ3n) is 7.70. The lowest BCUT2D eigenvalue weighted by Gasteiger charge is -2.40. The molecule has 188 valence electrons. The highest BCUT2D eigenvalue weighted by Gasteiger charge is 2.44. The van der Waals surface area contributed by atoms with E-state index >= 15 is 0 Å². The van der Waals surface area contributed by atoms with Crippen molar-refractivity contribution in [2.45, 2.75) is 69.5 Å². The van der Waals surface area contributed by atoms with Gasteiger partial charge in [-0.2, -0.15) is 0 Å². The first-order valence-electron chi connectivity index (χ1n) is 12.6. The van der Waals surface area contributed by atoms with Crippen molar-refractivity contribution in [3.8, 4) is 0 Å². The van der Waals surface area contributed by atoms with Crippen LogP contribution in [0.1, 0.15) is 72.1 Å². The SMILES string of the molecule is CNC(=O)C(CCC=O)N1C(=O)c2cccc(NC3CCC(N4CCC(C=O)CC4)CC3)c2C1=O. The van der Waals surface area contributed by atoms with E-state index in [1.165, 1.54) is 7.05 Å². The largest absolute Gasteiger partial charge is 0.382 e. The number of carbonyl (C=O) groups excluding carboxylic acids is 5. The topological polar surface area (TPSA) is 116 Å². The van der Waals surface area contributed by atoms with Gasteiger partial charge in [0.1, 0.15) is 18.6 Å². The highest BCUT2D eigenvalue weighted by atomic mass is 16.2. The first-order valence-corrected chi connectivity index (χ1v) is 12.6. The number of aldehydes is 2. The minimum Gasteiger partial charge on any atom is -0.382 e. The van der Waals surface area contributed by atoms with Crippen LogP contribution in [0.4, 0.5) is 5.69 Å². The van der Waals surface area contributed by atoms with E-state index in [4.69, 9.17) is 0 Å². The van der Waals surface area contributed by atoms with E-state index in [1.54, 1.807) is 12.1 Å². The number of hydrogen-bond acceptors (Lipinski definition) is 7. The number of amides is 3. The Hall–Kier alpha value is -3.07. The summed E-state index contributed by atoms with van der Waals surface area (Å²) in [6.07, 6.45) is 7.80. The van der Waals surface area contributed by atoms with Gasteiger partial charge in [0.25, 0.3) is 11.8 Å². The molecule has 35 heavy (non-hydrogen) atoms. The minimum atomic E-state index is -1.02. The van der Waals surface area contributed by atoms with Gasteiger partial charge in [-0.1, -0.05) is 6.07 Å². The molecule has 0 radical (unpaired) electrons. The quantitative estimate of drug-likeness (QED) is 0.409. The van der Waals surface area contributed by atoms with Gasteiger partial charge in [-0.15, -0.1) is 0 Å².